The maximum absolute atomic E-state index is 11.7. The number of rotatable bonds is 12. The van der Waals surface area contributed by atoms with Gasteiger partial charge in [0, 0.05) is 32.2 Å². The molecule has 0 saturated carbocycles. The third-order valence-electron chi connectivity index (χ3n) is 4.71. The van der Waals surface area contributed by atoms with Gasteiger partial charge >= 0.3 is 0 Å². The number of hydrogen-bond acceptors (Lipinski definition) is 4. The van der Waals surface area contributed by atoms with Crippen LogP contribution >= 0.6 is 24.0 Å². The van der Waals surface area contributed by atoms with Crippen molar-refractivity contribution < 1.29 is 14.3 Å². The summed E-state index contributed by atoms with van der Waals surface area (Å²) in [4.78, 5) is 16.0. The van der Waals surface area contributed by atoms with Crippen LogP contribution in [0.1, 0.15) is 44.7 Å². The van der Waals surface area contributed by atoms with Gasteiger partial charge in [0.25, 0.3) is 0 Å². The highest BCUT2D eigenvalue weighted by molar-refractivity contribution is 14.0. The first-order valence-corrected chi connectivity index (χ1v) is 11.3. The van der Waals surface area contributed by atoms with E-state index in [0.29, 0.717) is 26.2 Å². The average molecular weight is 569 g/mol. The predicted molar refractivity (Wildman–Crippen MR) is 146 cm³/mol. The molecule has 2 aromatic carbocycles. The van der Waals surface area contributed by atoms with Gasteiger partial charge in [-0.05, 0) is 62.1 Å². The molecule has 3 N–H and O–H groups in total. The fourth-order valence-corrected chi connectivity index (χ4v) is 3.14. The molecule has 2 rings (SSSR count). The summed E-state index contributed by atoms with van der Waals surface area (Å²) in [6.45, 7) is 8.51. The highest BCUT2D eigenvalue weighted by Crippen LogP contribution is 2.28. The Bertz CT molecular complexity index is 872. The fourth-order valence-electron chi connectivity index (χ4n) is 3.14. The van der Waals surface area contributed by atoms with E-state index in [1.165, 1.54) is 5.56 Å². The number of carbonyl (C=O) groups excluding carboxylic acids is 1. The van der Waals surface area contributed by atoms with Gasteiger partial charge in [-0.25, -0.2) is 0 Å². The highest BCUT2D eigenvalue weighted by atomic mass is 127. The van der Waals surface area contributed by atoms with Crippen LogP contribution in [0.15, 0.2) is 47.5 Å². The van der Waals surface area contributed by atoms with Crippen LogP contribution in [0.25, 0.3) is 0 Å². The van der Waals surface area contributed by atoms with E-state index in [1.54, 1.807) is 7.05 Å². The molecule has 0 atom stereocenters. The van der Waals surface area contributed by atoms with Crippen molar-refractivity contribution in [3.05, 3.63) is 53.6 Å². The Labute approximate surface area is 214 Å². The Morgan fingerprint density at radius 1 is 0.909 bits per heavy atom. The van der Waals surface area contributed by atoms with E-state index in [2.05, 4.69) is 27.0 Å². The van der Waals surface area contributed by atoms with Gasteiger partial charge in [-0.1, -0.05) is 25.1 Å². The zero-order valence-electron chi connectivity index (χ0n) is 20.1. The van der Waals surface area contributed by atoms with Crippen LogP contribution in [-0.4, -0.2) is 38.7 Å². The van der Waals surface area contributed by atoms with Gasteiger partial charge in [-0.3, -0.25) is 9.79 Å². The van der Waals surface area contributed by atoms with Crippen LogP contribution in [-0.2, 0) is 17.8 Å². The van der Waals surface area contributed by atoms with Crippen molar-refractivity contribution in [2.75, 3.05) is 32.1 Å². The number of amides is 1. The second kappa shape index (κ2) is 16.2. The molecule has 0 radical (unpaired) electrons. The van der Waals surface area contributed by atoms with Crippen molar-refractivity contribution in [1.82, 2.24) is 10.6 Å². The van der Waals surface area contributed by atoms with Crippen molar-refractivity contribution in [1.29, 1.82) is 0 Å². The number of anilines is 1. The quantitative estimate of drug-likeness (QED) is 0.196. The van der Waals surface area contributed by atoms with Gasteiger partial charge in [0.1, 0.15) is 0 Å². The lowest BCUT2D eigenvalue weighted by Crippen LogP contribution is -2.37. The number of hydrogen-bond donors (Lipinski definition) is 3. The first-order valence-electron chi connectivity index (χ1n) is 11.3. The molecular formula is C25H37IN4O3. The first kappa shape index (κ1) is 28.5. The molecular weight excluding hydrogens is 531 g/mol. The van der Waals surface area contributed by atoms with Gasteiger partial charge in [0.05, 0.1) is 13.2 Å². The molecule has 2 aromatic rings. The minimum Gasteiger partial charge on any atom is -0.490 e. The lowest BCUT2D eigenvalue weighted by atomic mass is 10.1. The molecule has 0 aromatic heterocycles. The molecule has 0 aliphatic carbocycles. The molecule has 0 heterocycles. The number of carbonyl (C=O) groups is 1. The SMILES string of the molecule is CCCC(=O)Nc1ccc(CNC(=NC)NCCc2ccc(OCC)c(OCC)c2)cc1.I. The summed E-state index contributed by atoms with van der Waals surface area (Å²) in [5, 5.41) is 9.56. The van der Waals surface area contributed by atoms with Crippen molar-refractivity contribution in [2.45, 2.75) is 46.6 Å². The predicted octanol–water partition coefficient (Wildman–Crippen LogP) is 4.75. The summed E-state index contributed by atoms with van der Waals surface area (Å²) in [5.41, 5.74) is 3.09. The average Bonchev–Trinajstić information content (AvgIpc) is 2.79. The molecule has 0 saturated heterocycles. The summed E-state index contributed by atoms with van der Waals surface area (Å²) in [6.07, 6.45) is 2.21. The largest absolute Gasteiger partial charge is 0.490 e. The normalized spacial score (nSPS) is 10.7. The molecule has 0 fully saturated rings. The van der Waals surface area contributed by atoms with Crippen LogP contribution in [0.2, 0.25) is 0 Å². The number of benzene rings is 2. The van der Waals surface area contributed by atoms with E-state index >= 15 is 0 Å². The molecule has 0 aliphatic heterocycles. The van der Waals surface area contributed by atoms with Gasteiger partial charge < -0.3 is 25.4 Å². The van der Waals surface area contributed by atoms with Crippen molar-refractivity contribution >= 4 is 41.5 Å². The number of guanidine groups is 1. The molecule has 33 heavy (non-hydrogen) atoms. The van der Waals surface area contributed by atoms with E-state index < -0.39 is 0 Å². The number of aliphatic imine (C=N–C) groups is 1. The van der Waals surface area contributed by atoms with Crippen molar-refractivity contribution in [2.24, 2.45) is 4.99 Å². The summed E-state index contributed by atoms with van der Waals surface area (Å²) < 4.78 is 11.3. The molecule has 8 heteroatoms. The Morgan fingerprint density at radius 2 is 1.58 bits per heavy atom. The second-order valence-electron chi connectivity index (χ2n) is 7.24. The molecule has 0 spiro atoms. The van der Waals surface area contributed by atoms with Crippen LogP contribution in [0.4, 0.5) is 5.69 Å². The van der Waals surface area contributed by atoms with Crippen LogP contribution in [0.3, 0.4) is 0 Å². The van der Waals surface area contributed by atoms with Crippen molar-refractivity contribution in [3.63, 3.8) is 0 Å². The van der Waals surface area contributed by atoms with Crippen LogP contribution in [0, 0.1) is 0 Å². The Hall–Kier alpha value is -2.49. The maximum Gasteiger partial charge on any atom is 0.224 e. The Morgan fingerprint density at radius 3 is 2.21 bits per heavy atom. The van der Waals surface area contributed by atoms with Crippen LogP contribution < -0.4 is 25.4 Å². The lowest BCUT2D eigenvalue weighted by molar-refractivity contribution is -0.116. The topological polar surface area (TPSA) is 84.0 Å². The zero-order chi connectivity index (χ0) is 23.2. The summed E-state index contributed by atoms with van der Waals surface area (Å²) in [6, 6.07) is 13.9. The maximum atomic E-state index is 11.7. The zero-order valence-corrected chi connectivity index (χ0v) is 22.4. The van der Waals surface area contributed by atoms with E-state index in [1.807, 2.05) is 57.2 Å². The molecule has 182 valence electrons. The van der Waals surface area contributed by atoms with Gasteiger partial charge in [0.15, 0.2) is 17.5 Å². The Kier molecular flexibility index (Phi) is 14.0. The van der Waals surface area contributed by atoms with E-state index in [0.717, 1.165) is 48.1 Å². The van der Waals surface area contributed by atoms with Crippen LogP contribution in [0.5, 0.6) is 11.5 Å². The van der Waals surface area contributed by atoms with E-state index in [-0.39, 0.29) is 29.9 Å². The Balaban J connectivity index is 0.00000544. The summed E-state index contributed by atoms with van der Waals surface area (Å²) in [7, 11) is 1.76. The molecule has 0 aliphatic rings. The first-order chi connectivity index (χ1) is 15.6. The van der Waals surface area contributed by atoms with E-state index in [9.17, 15) is 4.79 Å². The smallest absolute Gasteiger partial charge is 0.224 e. The molecule has 0 bridgehead atoms. The molecule has 0 unspecified atom stereocenters. The fraction of sp³-hybridized carbons (Fsp3) is 0.440. The van der Waals surface area contributed by atoms with Gasteiger partial charge in [-0.2, -0.15) is 0 Å². The second-order valence-corrected chi connectivity index (χ2v) is 7.24. The van der Waals surface area contributed by atoms with Gasteiger partial charge in [0.2, 0.25) is 5.91 Å². The molecule has 1 amide bonds. The third-order valence-corrected chi connectivity index (χ3v) is 4.71. The molecule has 7 nitrogen and oxygen atoms in total. The standard InChI is InChI=1S/C25H36N4O3.HI/c1-5-8-24(30)29-21-12-9-20(10-13-21)18-28-25(26-4)27-16-15-19-11-14-22(31-6-2)23(17-19)32-7-3;/h9-14,17H,5-8,15-16,18H2,1-4H3,(H,29,30)(H2,26,27,28);1H. The highest BCUT2D eigenvalue weighted by Gasteiger charge is 2.07. The minimum atomic E-state index is 0. The van der Waals surface area contributed by atoms with E-state index in [4.69, 9.17) is 9.47 Å². The number of nitrogens with one attached hydrogen (secondary N) is 3. The lowest BCUT2D eigenvalue weighted by Gasteiger charge is -2.14. The van der Waals surface area contributed by atoms with Gasteiger partial charge in [-0.15, -0.1) is 24.0 Å². The summed E-state index contributed by atoms with van der Waals surface area (Å²) >= 11 is 0. The number of halogens is 1. The van der Waals surface area contributed by atoms with Crippen molar-refractivity contribution in [3.8, 4) is 11.5 Å². The monoisotopic (exact) mass is 568 g/mol. The minimum absolute atomic E-state index is 0. The third kappa shape index (κ3) is 10.3. The summed E-state index contributed by atoms with van der Waals surface area (Å²) in [5.74, 6) is 2.34. The number of nitrogens with zero attached hydrogens (tertiary/aromatic N) is 1. The number of ether oxygens (including phenoxy) is 2.